The normalized spacial score (nSPS) is 16.4. The van der Waals surface area contributed by atoms with Gasteiger partial charge in [-0.15, -0.1) is 0 Å². The summed E-state index contributed by atoms with van der Waals surface area (Å²) in [5.41, 5.74) is 3.06. The lowest BCUT2D eigenvalue weighted by molar-refractivity contribution is 0.211. The van der Waals surface area contributed by atoms with Crippen LogP contribution >= 0.6 is 11.6 Å². The fraction of sp³-hybridized carbons (Fsp3) is 0.389. The van der Waals surface area contributed by atoms with Crippen molar-refractivity contribution in [1.82, 2.24) is 9.88 Å². The maximum atomic E-state index is 9.25. The van der Waals surface area contributed by atoms with Crippen LogP contribution < -0.4 is 5.32 Å². The van der Waals surface area contributed by atoms with Gasteiger partial charge in [-0.05, 0) is 42.2 Å². The van der Waals surface area contributed by atoms with Gasteiger partial charge in [-0.3, -0.25) is 9.88 Å². The lowest BCUT2D eigenvalue weighted by Crippen LogP contribution is -2.38. The van der Waals surface area contributed by atoms with Gasteiger partial charge in [-0.25, -0.2) is 0 Å². The molecule has 2 heterocycles. The highest BCUT2D eigenvalue weighted by Crippen LogP contribution is 2.26. The predicted molar refractivity (Wildman–Crippen MR) is 93.5 cm³/mol. The standard InChI is InChI=1S/C18H22ClN3O/c19-17-4-3-14(13-23)10-18(17)21-16-5-8-22(9-6-16)12-15-2-1-7-20-11-15/h1-4,7,10-11,16,21,23H,5-6,8-9,12-13H2. The van der Waals surface area contributed by atoms with Crippen molar-refractivity contribution in [2.24, 2.45) is 0 Å². The van der Waals surface area contributed by atoms with Crippen LogP contribution in [0.1, 0.15) is 24.0 Å². The van der Waals surface area contributed by atoms with E-state index >= 15 is 0 Å². The van der Waals surface area contributed by atoms with Gasteiger partial charge in [0.2, 0.25) is 0 Å². The molecule has 1 aliphatic heterocycles. The molecule has 0 atom stereocenters. The van der Waals surface area contributed by atoms with Gasteiger partial charge in [0.05, 0.1) is 17.3 Å². The largest absolute Gasteiger partial charge is 0.392 e. The van der Waals surface area contributed by atoms with Crippen LogP contribution in [0.3, 0.4) is 0 Å². The number of piperidine rings is 1. The summed E-state index contributed by atoms with van der Waals surface area (Å²) in [4.78, 5) is 6.63. The van der Waals surface area contributed by atoms with E-state index in [1.54, 1.807) is 0 Å². The molecule has 0 amide bonds. The number of benzene rings is 1. The third kappa shape index (κ3) is 4.44. The average molecular weight is 332 g/mol. The van der Waals surface area contributed by atoms with Crippen LogP contribution in [0.2, 0.25) is 5.02 Å². The molecule has 1 aromatic carbocycles. The zero-order valence-corrected chi connectivity index (χ0v) is 13.8. The lowest BCUT2D eigenvalue weighted by atomic mass is 10.0. The zero-order chi connectivity index (χ0) is 16.1. The molecule has 0 spiro atoms. The molecule has 1 fully saturated rings. The molecule has 23 heavy (non-hydrogen) atoms. The molecule has 1 saturated heterocycles. The molecule has 0 radical (unpaired) electrons. The summed E-state index contributed by atoms with van der Waals surface area (Å²) in [6, 6.07) is 10.2. The molecular formula is C18H22ClN3O. The minimum atomic E-state index is 0.0371. The van der Waals surface area contributed by atoms with Crippen molar-refractivity contribution in [1.29, 1.82) is 0 Å². The number of rotatable bonds is 5. The number of pyridine rings is 1. The van der Waals surface area contributed by atoms with E-state index in [2.05, 4.69) is 21.3 Å². The number of aliphatic hydroxyl groups excluding tert-OH is 1. The number of hydrogen-bond acceptors (Lipinski definition) is 4. The first-order chi connectivity index (χ1) is 11.2. The highest BCUT2D eigenvalue weighted by atomic mass is 35.5. The monoisotopic (exact) mass is 331 g/mol. The van der Waals surface area contributed by atoms with Gasteiger partial charge in [-0.1, -0.05) is 23.7 Å². The van der Waals surface area contributed by atoms with E-state index in [-0.39, 0.29) is 6.61 Å². The fourth-order valence-electron chi connectivity index (χ4n) is 2.99. The maximum absolute atomic E-state index is 9.25. The lowest BCUT2D eigenvalue weighted by Gasteiger charge is -2.33. The molecule has 1 aromatic heterocycles. The van der Waals surface area contributed by atoms with Gasteiger partial charge in [0, 0.05) is 38.1 Å². The van der Waals surface area contributed by atoms with Crippen molar-refractivity contribution in [3.05, 3.63) is 58.9 Å². The Kier molecular flexibility index (Phi) is 5.49. The SMILES string of the molecule is OCc1ccc(Cl)c(NC2CCN(Cc3cccnc3)CC2)c1. The summed E-state index contributed by atoms with van der Waals surface area (Å²) in [5.74, 6) is 0. The summed E-state index contributed by atoms with van der Waals surface area (Å²) >= 11 is 6.25. The molecule has 4 nitrogen and oxygen atoms in total. The molecule has 0 bridgehead atoms. The topological polar surface area (TPSA) is 48.4 Å². The first-order valence-electron chi connectivity index (χ1n) is 8.01. The number of aliphatic hydroxyl groups is 1. The molecule has 2 N–H and O–H groups in total. The van der Waals surface area contributed by atoms with Crippen molar-refractivity contribution in [2.45, 2.75) is 32.0 Å². The molecular weight excluding hydrogens is 310 g/mol. The summed E-state index contributed by atoms with van der Waals surface area (Å²) in [5, 5.41) is 13.5. The van der Waals surface area contributed by atoms with E-state index in [9.17, 15) is 5.11 Å². The maximum Gasteiger partial charge on any atom is 0.0682 e. The quantitative estimate of drug-likeness (QED) is 0.882. The first kappa shape index (κ1) is 16.2. The van der Waals surface area contributed by atoms with Crippen molar-refractivity contribution in [2.75, 3.05) is 18.4 Å². The Balaban J connectivity index is 1.53. The molecule has 2 aromatic rings. The summed E-state index contributed by atoms with van der Waals surface area (Å²) in [7, 11) is 0. The average Bonchev–Trinajstić information content (AvgIpc) is 2.59. The van der Waals surface area contributed by atoms with Gasteiger partial charge < -0.3 is 10.4 Å². The Bertz CT molecular complexity index is 627. The Morgan fingerprint density at radius 3 is 2.74 bits per heavy atom. The summed E-state index contributed by atoms with van der Waals surface area (Å²) in [6.07, 6.45) is 5.91. The van der Waals surface area contributed by atoms with Crippen molar-refractivity contribution in [3.63, 3.8) is 0 Å². The highest BCUT2D eigenvalue weighted by molar-refractivity contribution is 6.33. The van der Waals surface area contributed by atoms with Crippen molar-refractivity contribution < 1.29 is 5.11 Å². The number of halogens is 1. The van der Waals surface area contributed by atoms with Gasteiger partial charge in [0.15, 0.2) is 0 Å². The second kappa shape index (κ2) is 7.77. The number of nitrogens with one attached hydrogen (secondary N) is 1. The number of aromatic nitrogens is 1. The number of hydrogen-bond donors (Lipinski definition) is 2. The van der Waals surface area contributed by atoms with Gasteiger partial charge in [0.25, 0.3) is 0 Å². The Hall–Kier alpha value is -1.62. The van der Waals surface area contributed by atoms with Crippen LogP contribution in [-0.4, -0.2) is 34.1 Å². The third-order valence-corrected chi connectivity index (χ3v) is 4.62. The summed E-state index contributed by atoms with van der Waals surface area (Å²) < 4.78 is 0. The van der Waals surface area contributed by atoms with Crippen LogP contribution in [0.5, 0.6) is 0 Å². The van der Waals surface area contributed by atoms with E-state index in [4.69, 9.17) is 11.6 Å². The summed E-state index contributed by atoms with van der Waals surface area (Å²) in [6.45, 7) is 3.12. The van der Waals surface area contributed by atoms with E-state index in [1.165, 1.54) is 5.56 Å². The van der Waals surface area contributed by atoms with Crippen molar-refractivity contribution in [3.8, 4) is 0 Å². The Labute approximate surface area is 142 Å². The number of nitrogens with zero attached hydrogens (tertiary/aromatic N) is 2. The molecule has 122 valence electrons. The molecule has 5 heteroatoms. The number of anilines is 1. The van der Waals surface area contributed by atoms with E-state index in [0.717, 1.165) is 43.7 Å². The van der Waals surface area contributed by atoms with Crippen LogP contribution in [0.25, 0.3) is 0 Å². The molecule has 1 aliphatic rings. The molecule has 0 aliphatic carbocycles. The van der Waals surface area contributed by atoms with Crippen molar-refractivity contribution >= 4 is 17.3 Å². The molecule has 0 saturated carbocycles. The third-order valence-electron chi connectivity index (χ3n) is 4.29. The van der Waals surface area contributed by atoms with Gasteiger partial charge in [-0.2, -0.15) is 0 Å². The zero-order valence-electron chi connectivity index (χ0n) is 13.1. The van der Waals surface area contributed by atoms with Gasteiger partial charge >= 0.3 is 0 Å². The molecule has 0 unspecified atom stereocenters. The minimum Gasteiger partial charge on any atom is -0.392 e. The number of likely N-dealkylation sites (tertiary alicyclic amines) is 1. The smallest absolute Gasteiger partial charge is 0.0682 e. The highest BCUT2D eigenvalue weighted by Gasteiger charge is 2.19. The predicted octanol–water partition coefficient (Wildman–Crippen LogP) is 3.30. The van der Waals surface area contributed by atoms with Crippen LogP contribution in [0, 0.1) is 0 Å². The fourth-order valence-corrected chi connectivity index (χ4v) is 3.16. The first-order valence-corrected chi connectivity index (χ1v) is 8.39. The van der Waals surface area contributed by atoms with E-state index < -0.39 is 0 Å². The second-order valence-electron chi connectivity index (χ2n) is 6.03. The van der Waals surface area contributed by atoms with Gasteiger partial charge in [0.1, 0.15) is 0 Å². The molecule has 3 rings (SSSR count). The minimum absolute atomic E-state index is 0.0371. The van der Waals surface area contributed by atoms with E-state index in [0.29, 0.717) is 11.1 Å². The Morgan fingerprint density at radius 1 is 1.22 bits per heavy atom. The van der Waals surface area contributed by atoms with Crippen LogP contribution in [0.4, 0.5) is 5.69 Å². The van der Waals surface area contributed by atoms with Crippen LogP contribution in [-0.2, 0) is 13.2 Å². The van der Waals surface area contributed by atoms with Crippen LogP contribution in [0.15, 0.2) is 42.7 Å². The van der Waals surface area contributed by atoms with E-state index in [1.807, 2.05) is 36.7 Å². The Morgan fingerprint density at radius 2 is 2.04 bits per heavy atom. The second-order valence-corrected chi connectivity index (χ2v) is 6.44.